The van der Waals surface area contributed by atoms with Crippen LogP contribution in [0.25, 0.3) is 5.57 Å². The molecule has 0 N–H and O–H groups in total. The molecule has 0 bridgehead atoms. The molecule has 3 nitrogen and oxygen atoms in total. The molecule has 132 valence electrons. The van der Waals surface area contributed by atoms with E-state index in [9.17, 15) is 4.79 Å². The van der Waals surface area contributed by atoms with Gasteiger partial charge < -0.3 is 0 Å². The number of carbonyl (C=O) groups excluding carboxylic acids is 1. The van der Waals surface area contributed by atoms with Crippen molar-refractivity contribution in [1.29, 1.82) is 0 Å². The van der Waals surface area contributed by atoms with Gasteiger partial charge in [-0.2, -0.15) is 0 Å². The topological polar surface area (TPSA) is 42.9 Å². The second-order valence-corrected chi connectivity index (χ2v) is 9.48. The van der Waals surface area contributed by atoms with Gasteiger partial charge in [0, 0.05) is 25.2 Å². The van der Waals surface area contributed by atoms with E-state index in [1.165, 1.54) is 37.7 Å². The molecule has 3 heteroatoms. The minimum atomic E-state index is 0.239. The number of carbonyl (C=O) groups is 1. The summed E-state index contributed by atoms with van der Waals surface area (Å²) in [6, 6.07) is 0. The van der Waals surface area contributed by atoms with Crippen molar-refractivity contribution in [3.63, 3.8) is 0 Å². The Bertz CT molecular complexity index is 742. The van der Waals surface area contributed by atoms with Crippen molar-refractivity contribution < 1.29 is 4.79 Å². The van der Waals surface area contributed by atoms with Gasteiger partial charge in [0.25, 0.3) is 0 Å². The molecule has 3 saturated carbocycles. The van der Waals surface area contributed by atoms with Gasteiger partial charge in [0.15, 0.2) is 0 Å². The lowest BCUT2D eigenvalue weighted by atomic mass is 9.47. The molecule has 1 aromatic heterocycles. The van der Waals surface area contributed by atoms with Gasteiger partial charge in [0.2, 0.25) is 0 Å². The predicted molar refractivity (Wildman–Crippen MR) is 97.5 cm³/mol. The fourth-order valence-electron chi connectivity index (χ4n) is 7.32. The highest BCUT2D eigenvalue weighted by Gasteiger charge is 2.60. The summed E-state index contributed by atoms with van der Waals surface area (Å²) in [6.45, 7) is 4.91. The van der Waals surface area contributed by atoms with Gasteiger partial charge in [-0.1, -0.05) is 19.9 Å². The van der Waals surface area contributed by atoms with Crippen molar-refractivity contribution in [2.45, 2.75) is 58.8 Å². The molecule has 0 amide bonds. The van der Waals surface area contributed by atoms with E-state index < -0.39 is 0 Å². The summed E-state index contributed by atoms with van der Waals surface area (Å²) < 4.78 is 0. The molecule has 3 fully saturated rings. The van der Waals surface area contributed by atoms with Crippen LogP contribution in [0.4, 0.5) is 0 Å². The number of hydrogen-bond donors (Lipinski definition) is 0. The third-order valence-electron chi connectivity index (χ3n) is 8.54. The molecule has 4 aliphatic carbocycles. The summed E-state index contributed by atoms with van der Waals surface area (Å²) in [5, 5.41) is 0. The Morgan fingerprint density at radius 2 is 2.00 bits per heavy atom. The van der Waals surface area contributed by atoms with Gasteiger partial charge in [-0.05, 0) is 72.2 Å². The van der Waals surface area contributed by atoms with Crippen molar-refractivity contribution in [2.24, 2.45) is 34.5 Å². The first-order chi connectivity index (χ1) is 12.0. The first kappa shape index (κ1) is 15.7. The normalized spacial score (nSPS) is 45.5. The fraction of sp³-hybridized carbons (Fsp3) is 0.682. The lowest BCUT2D eigenvalue weighted by Gasteiger charge is -2.57. The number of rotatable bonds is 1. The third-order valence-corrected chi connectivity index (χ3v) is 8.54. The number of nitrogens with zero attached hydrogens (tertiary/aromatic N) is 2. The average Bonchev–Trinajstić information content (AvgIpc) is 3.10. The molecule has 0 saturated heterocycles. The van der Waals surface area contributed by atoms with Crippen molar-refractivity contribution in [3.05, 3.63) is 30.4 Å². The second kappa shape index (κ2) is 5.25. The summed E-state index contributed by atoms with van der Waals surface area (Å²) in [5.41, 5.74) is 3.01. The van der Waals surface area contributed by atoms with Crippen LogP contribution in [0.5, 0.6) is 0 Å². The van der Waals surface area contributed by atoms with Gasteiger partial charge in [0.1, 0.15) is 5.78 Å². The minimum Gasteiger partial charge on any atom is -0.300 e. The highest BCUT2D eigenvalue weighted by Crippen LogP contribution is 2.67. The van der Waals surface area contributed by atoms with Crippen LogP contribution in [-0.4, -0.2) is 15.8 Å². The minimum absolute atomic E-state index is 0.239. The summed E-state index contributed by atoms with van der Waals surface area (Å²) in [7, 11) is 0. The summed E-state index contributed by atoms with van der Waals surface area (Å²) in [5.74, 6) is 3.41. The smallest absolute Gasteiger partial charge is 0.133 e. The van der Waals surface area contributed by atoms with Crippen molar-refractivity contribution in [1.82, 2.24) is 9.97 Å². The van der Waals surface area contributed by atoms with Crippen molar-refractivity contribution in [2.75, 3.05) is 0 Å². The van der Waals surface area contributed by atoms with E-state index in [2.05, 4.69) is 29.9 Å². The Kier molecular flexibility index (Phi) is 3.30. The zero-order chi connectivity index (χ0) is 17.2. The molecule has 1 aromatic rings. The molecular weight excluding hydrogens is 308 g/mol. The van der Waals surface area contributed by atoms with Crippen LogP contribution in [0, 0.1) is 34.5 Å². The summed E-state index contributed by atoms with van der Waals surface area (Å²) in [4.78, 5) is 21.1. The molecule has 0 spiro atoms. The quantitative estimate of drug-likeness (QED) is 0.747. The molecule has 4 aliphatic rings. The van der Waals surface area contributed by atoms with Gasteiger partial charge >= 0.3 is 0 Å². The van der Waals surface area contributed by atoms with Gasteiger partial charge in [0.05, 0.1) is 11.9 Å². The van der Waals surface area contributed by atoms with Crippen molar-refractivity contribution in [3.8, 4) is 0 Å². The highest BCUT2D eigenvalue weighted by molar-refractivity contribution is 5.82. The van der Waals surface area contributed by atoms with E-state index in [0.717, 1.165) is 36.3 Å². The first-order valence-electron chi connectivity index (χ1n) is 10.0. The Balaban J connectivity index is 1.47. The average molecular weight is 336 g/mol. The Hall–Kier alpha value is -1.51. The lowest BCUT2D eigenvalue weighted by molar-refractivity contribution is -0.118. The van der Waals surface area contributed by atoms with E-state index in [1.54, 1.807) is 6.20 Å². The number of hydrogen-bond acceptors (Lipinski definition) is 3. The van der Waals surface area contributed by atoms with Crippen LogP contribution >= 0.6 is 0 Å². The number of ketones is 1. The van der Waals surface area contributed by atoms with Crippen LogP contribution in [-0.2, 0) is 4.79 Å². The van der Waals surface area contributed by atoms with Crippen LogP contribution < -0.4 is 0 Å². The standard InChI is InChI=1S/C22H28N2O/c1-21-8-7-18-16(4-3-14-11-15(25)12-22(14,18)2)17(21)5-6-19(21)20-13-23-9-10-24-20/h6,9-10,13-14,16-18H,3-5,7-8,11-12H2,1-2H3/t14-,16-,17-,18-,21-,22-/m0/s1. The molecule has 0 unspecified atom stereocenters. The van der Waals surface area contributed by atoms with Gasteiger partial charge in [-0.15, -0.1) is 0 Å². The maximum absolute atomic E-state index is 12.2. The number of fused-ring (bicyclic) bond motifs is 5. The Labute approximate surface area is 150 Å². The number of aromatic nitrogens is 2. The molecule has 0 aromatic carbocycles. The van der Waals surface area contributed by atoms with Gasteiger partial charge in [-0.3, -0.25) is 14.8 Å². The first-order valence-corrected chi connectivity index (χ1v) is 10.0. The number of allylic oxidation sites excluding steroid dienone is 2. The molecule has 0 radical (unpaired) electrons. The maximum atomic E-state index is 12.2. The van der Waals surface area contributed by atoms with E-state index in [0.29, 0.717) is 11.7 Å². The SMILES string of the molecule is C[C@]12CC(=O)C[C@@H]1CC[C@@H]1[C@@H]2CC[C@]2(C)C(c3cnccn3)=CC[C@@H]12. The molecule has 1 heterocycles. The lowest BCUT2D eigenvalue weighted by Crippen LogP contribution is -2.49. The van der Waals surface area contributed by atoms with E-state index in [-0.39, 0.29) is 10.8 Å². The maximum Gasteiger partial charge on any atom is 0.133 e. The van der Waals surface area contributed by atoms with E-state index in [4.69, 9.17) is 0 Å². The van der Waals surface area contributed by atoms with Crippen LogP contribution in [0.15, 0.2) is 24.7 Å². The molecule has 5 rings (SSSR count). The Morgan fingerprint density at radius 1 is 1.12 bits per heavy atom. The number of Topliss-reactive ketones (excluding diaryl/α,β-unsaturated/α-hetero) is 1. The van der Waals surface area contributed by atoms with E-state index >= 15 is 0 Å². The fourth-order valence-corrected chi connectivity index (χ4v) is 7.32. The summed E-state index contributed by atoms with van der Waals surface area (Å²) >= 11 is 0. The van der Waals surface area contributed by atoms with Crippen molar-refractivity contribution >= 4 is 11.4 Å². The van der Waals surface area contributed by atoms with Crippen LogP contribution in [0.1, 0.15) is 64.5 Å². The molecule has 25 heavy (non-hydrogen) atoms. The molecule has 0 aliphatic heterocycles. The Morgan fingerprint density at radius 3 is 2.80 bits per heavy atom. The highest BCUT2D eigenvalue weighted by atomic mass is 16.1. The predicted octanol–water partition coefficient (Wildman–Crippen LogP) is 4.69. The zero-order valence-electron chi connectivity index (χ0n) is 15.4. The van der Waals surface area contributed by atoms with Gasteiger partial charge in [-0.25, -0.2) is 0 Å². The van der Waals surface area contributed by atoms with E-state index in [1.807, 2.05) is 12.4 Å². The second-order valence-electron chi connectivity index (χ2n) is 9.48. The zero-order valence-corrected chi connectivity index (χ0v) is 15.4. The van der Waals surface area contributed by atoms with Crippen LogP contribution in [0.2, 0.25) is 0 Å². The third kappa shape index (κ3) is 2.07. The largest absolute Gasteiger partial charge is 0.300 e. The summed E-state index contributed by atoms with van der Waals surface area (Å²) in [6.07, 6.45) is 15.9. The molecule has 6 atom stereocenters. The molecular formula is C22H28N2O. The monoisotopic (exact) mass is 336 g/mol. The van der Waals surface area contributed by atoms with Crippen LogP contribution in [0.3, 0.4) is 0 Å².